The van der Waals surface area contributed by atoms with Crippen molar-refractivity contribution in [2.75, 3.05) is 20.3 Å². The highest BCUT2D eigenvalue weighted by molar-refractivity contribution is 6.22. The third kappa shape index (κ3) is 4.36. The first-order valence-corrected chi connectivity index (χ1v) is 9.41. The summed E-state index contributed by atoms with van der Waals surface area (Å²) >= 11 is 0. The predicted octanol–water partition coefficient (Wildman–Crippen LogP) is 1.95. The van der Waals surface area contributed by atoms with Crippen molar-refractivity contribution in [1.82, 2.24) is 10.2 Å². The summed E-state index contributed by atoms with van der Waals surface area (Å²) in [4.78, 5) is 50.0. The second kappa shape index (κ2) is 9.27. The molecule has 1 atom stereocenters. The number of carbonyl (C=O) groups excluding carboxylic acids is 3. The Morgan fingerprint density at radius 3 is 2.23 bits per heavy atom. The lowest BCUT2D eigenvalue weighted by Crippen LogP contribution is -2.51. The zero-order valence-electron chi connectivity index (χ0n) is 16.4. The maximum atomic E-state index is 12.9. The Morgan fingerprint density at radius 2 is 1.70 bits per heavy atom. The molecular formula is C21H21N3O6. The zero-order valence-corrected chi connectivity index (χ0v) is 16.4. The maximum absolute atomic E-state index is 12.9. The first-order valence-electron chi connectivity index (χ1n) is 9.41. The minimum atomic E-state index is -1.08. The van der Waals surface area contributed by atoms with Gasteiger partial charge in [0.2, 0.25) is 5.91 Å². The first-order chi connectivity index (χ1) is 14.4. The molecule has 1 aliphatic heterocycles. The first kappa shape index (κ1) is 21.1. The molecular weight excluding hydrogens is 390 g/mol. The van der Waals surface area contributed by atoms with Gasteiger partial charge >= 0.3 is 0 Å². The second-order valence-electron chi connectivity index (χ2n) is 6.81. The number of ether oxygens (including phenoxy) is 1. The molecule has 156 valence electrons. The Labute approximate surface area is 172 Å². The summed E-state index contributed by atoms with van der Waals surface area (Å²) < 4.78 is 4.96. The van der Waals surface area contributed by atoms with E-state index in [0.717, 1.165) is 4.90 Å². The molecule has 0 unspecified atom stereocenters. The van der Waals surface area contributed by atoms with Gasteiger partial charge in [-0.15, -0.1) is 0 Å². The van der Waals surface area contributed by atoms with Gasteiger partial charge in [0.15, 0.2) is 0 Å². The number of non-ortho nitro benzene ring substituents is 1. The molecule has 2 aromatic carbocycles. The van der Waals surface area contributed by atoms with Crippen LogP contribution in [0, 0.1) is 10.1 Å². The van der Waals surface area contributed by atoms with Gasteiger partial charge in [-0.1, -0.05) is 24.3 Å². The molecule has 0 saturated carbocycles. The average Bonchev–Trinajstić information content (AvgIpc) is 3.00. The molecule has 3 amide bonds. The molecule has 30 heavy (non-hydrogen) atoms. The summed E-state index contributed by atoms with van der Waals surface area (Å²) in [6, 6.07) is 11.0. The van der Waals surface area contributed by atoms with Gasteiger partial charge in [-0.2, -0.15) is 0 Å². The zero-order chi connectivity index (χ0) is 21.7. The number of imide groups is 1. The molecule has 0 aliphatic carbocycles. The van der Waals surface area contributed by atoms with Crippen LogP contribution in [-0.4, -0.2) is 53.8 Å². The number of methoxy groups -OCH3 is 1. The molecule has 0 bridgehead atoms. The molecule has 3 rings (SSSR count). The lowest BCUT2D eigenvalue weighted by Gasteiger charge is -2.25. The van der Waals surface area contributed by atoms with E-state index in [4.69, 9.17) is 4.74 Å². The Hall–Kier alpha value is -3.59. The SMILES string of the molecule is COCCCNC(=O)[C@H](Cc1ccc([N+](=O)[O-])cc1)N1C(=O)c2ccccc2C1=O. The standard InChI is InChI=1S/C21H21N3O6/c1-30-12-4-11-22-19(25)18(13-14-7-9-15(10-8-14)24(28)29)23-20(26)16-5-2-3-6-17(16)21(23)27/h2-3,5-10,18H,4,11-13H2,1H3,(H,22,25)/t18-/m0/s1. The van der Waals surface area contributed by atoms with Crippen LogP contribution in [0.25, 0.3) is 0 Å². The third-order valence-corrected chi connectivity index (χ3v) is 4.84. The van der Waals surface area contributed by atoms with E-state index in [2.05, 4.69) is 5.32 Å². The van der Waals surface area contributed by atoms with Gasteiger partial charge in [-0.3, -0.25) is 29.4 Å². The van der Waals surface area contributed by atoms with Gasteiger partial charge in [0.1, 0.15) is 6.04 Å². The van der Waals surface area contributed by atoms with Crippen LogP contribution < -0.4 is 5.32 Å². The molecule has 2 aromatic rings. The summed E-state index contributed by atoms with van der Waals surface area (Å²) in [6.07, 6.45) is 0.619. The number of fused-ring (bicyclic) bond motifs is 1. The Balaban J connectivity index is 1.86. The minimum absolute atomic E-state index is 0.0412. The highest BCUT2D eigenvalue weighted by atomic mass is 16.6. The second-order valence-corrected chi connectivity index (χ2v) is 6.81. The Morgan fingerprint density at radius 1 is 1.10 bits per heavy atom. The number of nitro benzene ring substituents is 1. The summed E-state index contributed by atoms with van der Waals surface area (Å²) in [7, 11) is 1.55. The van der Waals surface area contributed by atoms with Crippen molar-refractivity contribution >= 4 is 23.4 Å². The van der Waals surface area contributed by atoms with Crippen LogP contribution in [-0.2, 0) is 16.0 Å². The number of benzene rings is 2. The summed E-state index contributed by atoms with van der Waals surface area (Å²) in [5.74, 6) is -1.54. The molecule has 0 saturated heterocycles. The van der Waals surface area contributed by atoms with Gasteiger partial charge in [0, 0.05) is 38.8 Å². The Kier molecular flexibility index (Phi) is 6.53. The number of carbonyl (C=O) groups is 3. The highest BCUT2D eigenvalue weighted by Gasteiger charge is 2.42. The summed E-state index contributed by atoms with van der Waals surface area (Å²) in [5.41, 5.74) is 1.01. The van der Waals surface area contributed by atoms with Crippen molar-refractivity contribution in [3.8, 4) is 0 Å². The van der Waals surface area contributed by atoms with E-state index in [1.165, 1.54) is 24.3 Å². The molecule has 1 heterocycles. The van der Waals surface area contributed by atoms with Gasteiger partial charge in [-0.05, 0) is 24.1 Å². The topological polar surface area (TPSA) is 119 Å². The van der Waals surface area contributed by atoms with Gasteiger partial charge < -0.3 is 10.1 Å². The van der Waals surface area contributed by atoms with E-state index in [9.17, 15) is 24.5 Å². The molecule has 1 aliphatic rings. The molecule has 0 spiro atoms. The molecule has 9 nitrogen and oxygen atoms in total. The number of hydrogen-bond acceptors (Lipinski definition) is 6. The fourth-order valence-electron chi connectivity index (χ4n) is 3.32. The van der Waals surface area contributed by atoms with E-state index < -0.39 is 28.7 Å². The van der Waals surface area contributed by atoms with Crippen LogP contribution in [0.15, 0.2) is 48.5 Å². The van der Waals surface area contributed by atoms with Crippen LogP contribution in [0.3, 0.4) is 0 Å². The normalized spacial score (nSPS) is 13.8. The fraction of sp³-hybridized carbons (Fsp3) is 0.286. The van der Waals surface area contributed by atoms with E-state index in [1.54, 1.807) is 31.4 Å². The largest absolute Gasteiger partial charge is 0.385 e. The van der Waals surface area contributed by atoms with Crippen LogP contribution in [0.2, 0.25) is 0 Å². The van der Waals surface area contributed by atoms with Crippen molar-refractivity contribution in [3.05, 3.63) is 75.3 Å². The van der Waals surface area contributed by atoms with Crippen molar-refractivity contribution in [2.45, 2.75) is 18.9 Å². The fourth-order valence-corrected chi connectivity index (χ4v) is 3.32. The molecule has 0 radical (unpaired) electrons. The van der Waals surface area contributed by atoms with Crippen LogP contribution in [0.5, 0.6) is 0 Å². The van der Waals surface area contributed by atoms with Crippen molar-refractivity contribution in [1.29, 1.82) is 0 Å². The number of hydrogen-bond donors (Lipinski definition) is 1. The van der Waals surface area contributed by atoms with E-state index in [0.29, 0.717) is 25.1 Å². The van der Waals surface area contributed by atoms with Crippen LogP contribution in [0.4, 0.5) is 5.69 Å². The summed E-state index contributed by atoms with van der Waals surface area (Å²) in [5, 5.41) is 13.6. The van der Waals surface area contributed by atoms with Crippen LogP contribution in [0.1, 0.15) is 32.7 Å². The van der Waals surface area contributed by atoms with Crippen molar-refractivity contribution < 1.29 is 24.0 Å². The van der Waals surface area contributed by atoms with Gasteiger partial charge in [0.05, 0.1) is 16.1 Å². The lowest BCUT2D eigenvalue weighted by atomic mass is 10.0. The average molecular weight is 411 g/mol. The molecule has 9 heteroatoms. The van der Waals surface area contributed by atoms with E-state index in [1.807, 2.05) is 0 Å². The number of nitrogens with one attached hydrogen (secondary N) is 1. The Bertz CT molecular complexity index is 938. The lowest BCUT2D eigenvalue weighted by molar-refractivity contribution is -0.384. The smallest absolute Gasteiger partial charge is 0.269 e. The van der Waals surface area contributed by atoms with Gasteiger partial charge in [-0.25, -0.2) is 0 Å². The quantitative estimate of drug-likeness (QED) is 0.292. The maximum Gasteiger partial charge on any atom is 0.269 e. The van der Waals surface area contributed by atoms with Crippen molar-refractivity contribution in [2.24, 2.45) is 0 Å². The molecule has 0 fully saturated rings. The highest BCUT2D eigenvalue weighted by Crippen LogP contribution is 2.26. The number of nitro groups is 1. The molecule has 0 aromatic heterocycles. The monoisotopic (exact) mass is 411 g/mol. The van der Waals surface area contributed by atoms with E-state index in [-0.39, 0.29) is 23.2 Å². The van der Waals surface area contributed by atoms with Gasteiger partial charge in [0.25, 0.3) is 17.5 Å². The minimum Gasteiger partial charge on any atom is -0.385 e. The number of nitrogens with zero attached hydrogens (tertiary/aromatic N) is 2. The van der Waals surface area contributed by atoms with Crippen molar-refractivity contribution in [3.63, 3.8) is 0 Å². The number of amides is 3. The summed E-state index contributed by atoms with van der Waals surface area (Å²) in [6.45, 7) is 0.785. The predicted molar refractivity (Wildman–Crippen MR) is 107 cm³/mol. The number of rotatable bonds is 9. The third-order valence-electron chi connectivity index (χ3n) is 4.84. The van der Waals surface area contributed by atoms with Crippen LogP contribution >= 0.6 is 0 Å². The van der Waals surface area contributed by atoms with E-state index >= 15 is 0 Å². The molecule has 1 N–H and O–H groups in total.